The van der Waals surface area contributed by atoms with E-state index >= 15 is 0 Å². The highest BCUT2D eigenvalue weighted by atomic mass is 32.2. The Labute approximate surface area is 194 Å². The second-order valence-corrected chi connectivity index (χ2v) is 10.4. The van der Waals surface area contributed by atoms with Crippen LogP contribution in [0.15, 0.2) is 47.4 Å². The largest absolute Gasteiger partial charge is 0.497 e. The van der Waals surface area contributed by atoms with E-state index in [1.807, 2.05) is 23.1 Å². The van der Waals surface area contributed by atoms with Crippen LogP contribution in [0.25, 0.3) is 0 Å². The molecule has 4 rings (SSSR count). The summed E-state index contributed by atoms with van der Waals surface area (Å²) in [5.74, 6) is 0.746. The number of sulfonamides is 1. The summed E-state index contributed by atoms with van der Waals surface area (Å²) in [6, 6.07) is 10.4. The number of ether oxygens (including phenoxy) is 2. The molecule has 0 aromatic heterocycles. The van der Waals surface area contributed by atoms with Gasteiger partial charge in [-0.05, 0) is 62.1 Å². The van der Waals surface area contributed by atoms with Gasteiger partial charge in [-0.15, -0.1) is 0 Å². The van der Waals surface area contributed by atoms with Crippen LogP contribution in [0.4, 0.5) is 4.39 Å². The average molecular weight is 477 g/mol. The van der Waals surface area contributed by atoms with E-state index in [1.54, 1.807) is 14.2 Å². The van der Waals surface area contributed by atoms with E-state index in [9.17, 15) is 17.6 Å². The Balaban J connectivity index is 1.45. The minimum Gasteiger partial charge on any atom is -0.497 e. The van der Waals surface area contributed by atoms with Gasteiger partial charge in [-0.2, -0.15) is 4.31 Å². The SMILES string of the molecule is COc1ccc(C2CCCN2C(=O)C2CCN(S(=O)(=O)c3ccc(F)cc3)CC2)c(OC)c1. The fourth-order valence-electron chi connectivity index (χ4n) is 4.78. The van der Waals surface area contributed by atoms with Crippen molar-refractivity contribution in [3.63, 3.8) is 0 Å². The number of halogens is 1. The molecular formula is C24H29FN2O5S. The van der Waals surface area contributed by atoms with Crippen LogP contribution in [0, 0.1) is 11.7 Å². The summed E-state index contributed by atoms with van der Waals surface area (Å²) in [4.78, 5) is 15.4. The molecule has 33 heavy (non-hydrogen) atoms. The Morgan fingerprint density at radius 2 is 1.67 bits per heavy atom. The van der Waals surface area contributed by atoms with Crippen molar-refractivity contribution in [1.29, 1.82) is 0 Å². The molecule has 0 radical (unpaired) electrons. The van der Waals surface area contributed by atoms with Crippen LogP contribution < -0.4 is 9.47 Å². The maximum absolute atomic E-state index is 13.4. The first-order valence-electron chi connectivity index (χ1n) is 11.1. The number of amides is 1. The van der Waals surface area contributed by atoms with Crippen LogP contribution >= 0.6 is 0 Å². The Hall–Kier alpha value is -2.65. The van der Waals surface area contributed by atoms with Crippen molar-refractivity contribution >= 4 is 15.9 Å². The van der Waals surface area contributed by atoms with Gasteiger partial charge in [-0.25, -0.2) is 12.8 Å². The van der Waals surface area contributed by atoms with Gasteiger partial charge < -0.3 is 14.4 Å². The molecule has 0 N–H and O–H groups in total. The zero-order chi connectivity index (χ0) is 23.6. The van der Waals surface area contributed by atoms with Gasteiger partial charge in [-0.3, -0.25) is 4.79 Å². The number of methoxy groups -OCH3 is 2. The van der Waals surface area contributed by atoms with Crippen LogP contribution in [0.3, 0.4) is 0 Å². The summed E-state index contributed by atoms with van der Waals surface area (Å²) in [6.07, 6.45) is 2.68. The van der Waals surface area contributed by atoms with Crippen molar-refractivity contribution in [2.75, 3.05) is 33.9 Å². The van der Waals surface area contributed by atoms with Crippen molar-refractivity contribution in [3.05, 3.63) is 53.8 Å². The molecule has 2 heterocycles. The van der Waals surface area contributed by atoms with Crippen molar-refractivity contribution in [2.24, 2.45) is 5.92 Å². The number of carbonyl (C=O) groups is 1. The molecule has 0 aliphatic carbocycles. The summed E-state index contributed by atoms with van der Waals surface area (Å²) in [6.45, 7) is 1.20. The first kappa shape index (κ1) is 23.5. The molecule has 2 aliphatic heterocycles. The Bertz CT molecular complexity index is 1100. The third-order valence-electron chi connectivity index (χ3n) is 6.59. The Morgan fingerprint density at radius 3 is 2.30 bits per heavy atom. The van der Waals surface area contributed by atoms with E-state index in [-0.39, 0.29) is 35.9 Å². The van der Waals surface area contributed by atoms with Crippen LogP contribution in [0.1, 0.15) is 37.3 Å². The van der Waals surface area contributed by atoms with Gasteiger partial charge in [0.1, 0.15) is 17.3 Å². The third kappa shape index (κ3) is 4.70. The molecule has 178 valence electrons. The van der Waals surface area contributed by atoms with E-state index in [4.69, 9.17) is 9.47 Å². The zero-order valence-corrected chi connectivity index (χ0v) is 19.7. The fraction of sp³-hybridized carbons (Fsp3) is 0.458. The van der Waals surface area contributed by atoms with Gasteiger partial charge >= 0.3 is 0 Å². The third-order valence-corrected chi connectivity index (χ3v) is 8.50. The molecule has 2 aromatic rings. The summed E-state index contributed by atoms with van der Waals surface area (Å²) in [5, 5.41) is 0. The van der Waals surface area contributed by atoms with E-state index in [0.29, 0.717) is 30.9 Å². The lowest BCUT2D eigenvalue weighted by atomic mass is 9.95. The highest BCUT2D eigenvalue weighted by Gasteiger charge is 2.38. The van der Waals surface area contributed by atoms with Crippen molar-refractivity contribution in [1.82, 2.24) is 9.21 Å². The van der Waals surface area contributed by atoms with Gasteiger partial charge in [0.2, 0.25) is 15.9 Å². The standard InChI is InChI=1S/C24H29FN2O5S/c1-31-19-7-10-21(23(16-19)32-2)22-4-3-13-27(22)24(28)17-11-14-26(15-12-17)33(29,30)20-8-5-18(25)6-9-20/h5-10,16-17,22H,3-4,11-15H2,1-2H3. The first-order chi connectivity index (χ1) is 15.8. The number of piperidine rings is 1. The second-order valence-electron chi connectivity index (χ2n) is 8.43. The van der Waals surface area contributed by atoms with Gasteiger partial charge in [0, 0.05) is 37.2 Å². The maximum atomic E-state index is 13.4. The highest BCUT2D eigenvalue weighted by Crippen LogP contribution is 2.40. The smallest absolute Gasteiger partial charge is 0.243 e. The lowest BCUT2D eigenvalue weighted by Gasteiger charge is -2.34. The molecule has 2 aliphatic rings. The fourth-order valence-corrected chi connectivity index (χ4v) is 6.25. The lowest BCUT2D eigenvalue weighted by Crippen LogP contribution is -2.44. The number of benzene rings is 2. The molecule has 1 atom stereocenters. The van der Waals surface area contributed by atoms with Gasteiger partial charge in [0.25, 0.3) is 0 Å². The minimum absolute atomic E-state index is 0.0641. The number of rotatable bonds is 6. The molecule has 0 saturated carbocycles. The van der Waals surface area contributed by atoms with Crippen molar-refractivity contribution < 1.29 is 27.1 Å². The minimum atomic E-state index is -3.70. The normalized spacial score (nSPS) is 20.1. The van der Waals surface area contributed by atoms with E-state index in [2.05, 4.69) is 0 Å². The van der Waals surface area contributed by atoms with Gasteiger partial charge in [0.15, 0.2) is 0 Å². The summed E-state index contributed by atoms with van der Waals surface area (Å²) >= 11 is 0. The van der Waals surface area contributed by atoms with Gasteiger partial charge in [0.05, 0.1) is 25.2 Å². The number of carbonyl (C=O) groups excluding carboxylic acids is 1. The maximum Gasteiger partial charge on any atom is 0.243 e. The molecule has 2 aromatic carbocycles. The zero-order valence-electron chi connectivity index (χ0n) is 18.9. The van der Waals surface area contributed by atoms with E-state index in [0.717, 1.165) is 30.5 Å². The van der Waals surface area contributed by atoms with E-state index < -0.39 is 15.8 Å². The van der Waals surface area contributed by atoms with Crippen LogP contribution in [-0.4, -0.2) is 57.4 Å². The van der Waals surface area contributed by atoms with Crippen molar-refractivity contribution in [2.45, 2.75) is 36.6 Å². The number of nitrogens with zero attached hydrogens (tertiary/aromatic N) is 2. The monoisotopic (exact) mass is 476 g/mol. The molecule has 2 saturated heterocycles. The summed E-state index contributed by atoms with van der Waals surface area (Å²) in [7, 11) is -0.495. The number of hydrogen-bond donors (Lipinski definition) is 0. The average Bonchev–Trinajstić information content (AvgIpc) is 3.33. The second kappa shape index (κ2) is 9.69. The lowest BCUT2D eigenvalue weighted by molar-refractivity contribution is -0.137. The summed E-state index contributed by atoms with van der Waals surface area (Å²) < 4.78 is 51.2. The quantitative estimate of drug-likeness (QED) is 0.637. The van der Waals surface area contributed by atoms with Crippen LogP contribution in [0.5, 0.6) is 11.5 Å². The molecule has 7 nitrogen and oxygen atoms in total. The Morgan fingerprint density at radius 1 is 0.970 bits per heavy atom. The number of likely N-dealkylation sites (tertiary alicyclic amines) is 1. The van der Waals surface area contributed by atoms with Crippen LogP contribution in [-0.2, 0) is 14.8 Å². The van der Waals surface area contributed by atoms with Gasteiger partial charge in [-0.1, -0.05) is 0 Å². The number of hydrogen-bond acceptors (Lipinski definition) is 5. The van der Waals surface area contributed by atoms with Crippen LogP contribution in [0.2, 0.25) is 0 Å². The van der Waals surface area contributed by atoms with E-state index in [1.165, 1.54) is 16.4 Å². The molecule has 1 amide bonds. The highest BCUT2D eigenvalue weighted by molar-refractivity contribution is 7.89. The molecule has 1 unspecified atom stereocenters. The molecular weight excluding hydrogens is 447 g/mol. The molecule has 2 fully saturated rings. The topological polar surface area (TPSA) is 76.2 Å². The Kier molecular flexibility index (Phi) is 6.90. The molecule has 0 spiro atoms. The predicted molar refractivity (Wildman–Crippen MR) is 121 cm³/mol. The molecule has 0 bridgehead atoms. The van der Waals surface area contributed by atoms with Crippen molar-refractivity contribution in [3.8, 4) is 11.5 Å². The summed E-state index contributed by atoms with van der Waals surface area (Å²) in [5.41, 5.74) is 0.959. The first-order valence-corrected chi connectivity index (χ1v) is 12.6. The molecule has 9 heteroatoms. The predicted octanol–water partition coefficient (Wildman–Crippen LogP) is 3.61.